The highest BCUT2D eigenvalue weighted by Gasteiger charge is 2.18. The number of nitrogens with two attached hydrogens (primary N) is 4. The number of benzene rings is 11. The number of carboxylic acids is 1. The Morgan fingerprint density at radius 3 is 1.14 bits per heavy atom. The molecule has 0 aromatic heterocycles. The molecule has 0 spiro atoms. The first-order chi connectivity index (χ1) is 56.1. The van der Waals surface area contributed by atoms with Crippen LogP contribution in [0.5, 0.6) is 0 Å². The number of aryl methyl sites for hydroxylation is 2. The minimum absolute atomic E-state index is 0.0252. The van der Waals surface area contributed by atoms with Crippen molar-refractivity contribution in [2.75, 3.05) is 74.9 Å². The van der Waals surface area contributed by atoms with E-state index < -0.39 is 21.6 Å². The summed E-state index contributed by atoms with van der Waals surface area (Å²) < 4.78 is 33.6. The minimum atomic E-state index is -3.85. The Balaban J connectivity index is 0.000000256. The number of nitrogen functional groups attached to an aromatic ring is 3. The molecule has 0 atom stereocenters. The van der Waals surface area contributed by atoms with Crippen molar-refractivity contribution in [1.82, 2.24) is 0 Å². The number of nitrogens with zero attached hydrogens (tertiary/aromatic N) is 4. The predicted octanol–water partition coefficient (Wildman–Crippen LogP) is 16.4. The van der Waals surface area contributed by atoms with E-state index in [2.05, 4.69) is 116 Å². The van der Waals surface area contributed by atoms with E-state index in [9.17, 15) is 32.4 Å². The van der Waals surface area contributed by atoms with Gasteiger partial charge in [-0.25, -0.2) is 13.6 Å². The van der Waals surface area contributed by atoms with Crippen molar-refractivity contribution in [1.29, 1.82) is 26.5 Å². The summed E-state index contributed by atoms with van der Waals surface area (Å²) in [6.45, 7) is 15.3. The average Bonchev–Trinajstić information content (AvgIpc) is 0.804. The highest BCUT2D eigenvalue weighted by atomic mass is 79.9. The quantitative estimate of drug-likeness (QED) is 0.0111. The molecule has 0 aliphatic carbocycles. The first-order valence-electron chi connectivity index (χ1n) is 36.3. The number of carbonyl (C=O) groups is 5. The fourth-order valence-corrected chi connectivity index (χ4v) is 11.1. The lowest BCUT2D eigenvalue weighted by atomic mass is 10.0. The second-order valence-electron chi connectivity index (χ2n) is 27.5. The van der Waals surface area contributed by atoms with Gasteiger partial charge in [0.15, 0.2) is 0 Å². The molecule has 0 aliphatic rings. The molecular weight excluding hydrogens is 1580 g/mol. The Kier molecular flexibility index (Phi) is 38.1. The SMILES string of the molecule is CC(C)(C)OC(=O)CBr.CC(C)(C)OC(=O)CNc1cccc(C#N)c1.Cc1ccccc1-c1ccc(N)cc1.Cc1ccccc1-c1ccc(NC(=O)CNc2cccc(C#N)c2)cc1.N#Cc1cccc(N)c1.N#Cc1cccc(NCC(=O)O)c1.N=C(N)c1cccc(NCC(=O)Nc2ccc(-c3ccccc3S(N)(=O)=O)cc2)c1. The number of amides is 2. The largest absolute Gasteiger partial charge is 0.480 e. The van der Waals surface area contributed by atoms with Crippen LogP contribution < -0.4 is 54.2 Å². The zero-order valence-electron chi connectivity index (χ0n) is 66.4. The normalized spacial score (nSPS) is 10.2. The average molecular weight is 1670 g/mol. The maximum absolute atomic E-state index is 12.2. The van der Waals surface area contributed by atoms with Gasteiger partial charge in [-0.3, -0.25) is 29.4 Å². The van der Waals surface area contributed by atoms with Crippen molar-refractivity contribution in [3.8, 4) is 57.7 Å². The van der Waals surface area contributed by atoms with Crippen LogP contribution in [0.25, 0.3) is 33.4 Å². The highest BCUT2D eigenvalue weighted by Crippen LogP contribution is 2.29. The number of nitrogens with one attached hydrogen (secondary N) is 7. The number of esters is 2. The summed E-state index contributed by atoms with van der Waals surface area (Å²) in [6, 6.07) is 88.1. The summed E-state index contributed by atoms with van der Waals surface area (Å²) in [5.41, 5.74) is 32.4. The van der Waals surface area contributed by atoms with Crippen LogP contribution in [0.4, 0.5) is 45.5 Å². The lowest BCUT2D eigenvalue weighted by molar-refractivity contribution is -0.153. The number of primary sulfonamides is 1. The highest BCUT2D eigenvalue weighted by molar-refractivity contribution is 9.09. The monoisotopic (exact) mass is 1670 g/mol. The topological polar surface area (TPSA) is 453 Å². The number of rotatable bonds is 20. The molecule has 0 fully saturated rings. The zero-order chi connectivity index (χ0) is 86.8. The molecule has 16 N–H and O–H groups in total. The lowest BCUT2D eigenvalue weighted by Crippen LogP contribution is -2.28. The summed E-state index contributed by atoms with van der Waals surface area (Å²) in [4.78, 5) is 56.6. The van der Waals surface area contributed by atoms with Crippen molar-refractivity contribution in [2.45, 2.75) is 71.5 Å². The summed E-state index contributed by atoms with van der Waals surface area (Å²) >= 11 is 2.99. The number of hydrogen-bond acceptors (Lipinski definition) is 20. The summed E-state index contributed by atoms with van der Waals surface area (Å²) in [5.74, 6) is -1.92. The number of aliphatic carboxylic acids is 1. The third kappa shape index (κ3) is 36.0. The predicted molar refractivity (Wildman–Crippen MR) is 472 cm³/mol. The molecule has 0 heterocycles. The number of nitriles is 4. The van der Waals surface area contributed by atoms with Crippen LogP contribution in [0.15, 0.2) is 272 Å². The van der Waals surface area contributed by atoms with Crippen LogP contribution in [0.3, 0.4) is 0 Å². The number of halogens is 1. The molecule has 27 heteroatoms. The van der Waals surface area contributed by atoms with Crippen LogP contribution in [0, 0.1) is 64.6 Å². The van der Waals surface area contributed by atoms with Gasteiger partial charge in [-0.15, -0.1) is 0 Å². The van der Waals surface area contributed by atoms with Gasteiger partial charge < -0.3 is 63.7 Å². The smallest absolute Gasteiger partial charge is 0.325 e. The van der Waals surface area contributed by atoms with Crippen molar-refractivity contribution >= 4 is 107 Å². The molecule has 2 amide bonds. The second-order valence-corrected chi connectivity index (χ2v) is 29.6. The van der Waals surface area contributed by atoms with E-state index >= 15 is 0 Å². The molecule has 11 aromatic carbocycles. The molecule has 0 aliphatic heterocycles. The van der Waals surface area contributed by atoms with Gasteiger partial charge >= 0.3 is 17.9 Å². The molecule has 0 saturated carbocycles. The number of sulfonamides is 1. The summed E-state index contributed by atoms with van der Waals surface area (Å²) in [6.07, 6.45) is 0. The Labute approximate surface area is 697 Å². The molecule has 0 bridgehead atoms. The van der Waals surface area contributed by atoms with E-state index in [1.165, 1.54) is 33.9 Å². The van der Waals surface area contributed by atoms with E-state index in [0.29, 0.717) is 61.7 Å². The van der Waals surface area contributed by atoms with Crippen molar-refractivity contribution in [3.05, 3.63) is 306 Å². The molecule has 11 aromatic rings. The molecule has 118 heavy (non-hydrogen) atoms. The molecule has 0 saturated heterocycles. The summed E-state index contributed by atoms with van der Waals surface area (Å²) in [5, 5.41) is 73.1. The van der Waals surface area contributed by atoms with Gasteiger partial charge in [-0.05, 0) is 222 Å². The number of hydrogen-bond donors (Lipinski definition) is 12. The van der Waals surface area contributed by atoms with Crippen LogP contribution >= 0.6 is 15.9 Å². The van der Waals surface area contributed by atoms with Gasteiger partial charge in [-0.2, -0.15) is 21.0 Å². The number of anilines is 8. The maximum atomic E-state index is 12.2. The number of carbonyl (C=O) groups excluding carboxylic acids is 4. The van der Waals surface area contributed by atoms with Crippen molar-refractivity contribution < 1.29 is 47.0 Å². The Bertz CT molecular complexity index is 5500. The molecular formula is C91H94BrN15O10S. The zero-order valence-corrected chi connectivity index (χ0v) is 68.8. The fraction of sp³-hybridized carbons (Fsp3) is 0.165. The standard InChI is InChI=1S/C22H19N3O.C21H21N5O3S.C13H16N2O2.C13H13N.C9H8N2O2.C7H6N2.C6H11BrO2/c1-16-5-2-3-8-21(16)18-9-11-19(12-10-18)25-22(26)15-24-20-7-4-6-17(13-20)14-23;22-21(23)15-4-3-5-17(12-15)25-13-20(27)26-16-10-8-14(9-11-16)18-6-1-2-7-19(18)30(24,28)29;1-13(2,3)17-12(16)9-15-11-6-4-5-10(7-11)8-14;1-10-4-2-3-5-13(10)11-6-8-12(14)9-7-11;10-5-7-2-1-3-8(4-7)11-6-9(12)13;8-5-6-2-1-3-7(9)4-6;1-6(2,3)9-5(8)4-7/h2-13,24H,15H2,1H3,(H,25,26);1-12,25H,13H2,(H3,22,23)(H,26,27)(H2,24,28,29);4-7,15H,9H2,1-3H3;2-9H,14H2,1H3;1-4,11H,6H2,(H,12,13);1-4H,9H2;4H2,1-3H3. The maximum Gasteiger partial charge on any atom is 0.325 e. The van der Waals surface area contributed by atoms with Gasteiger partial charge in [-0.1, -0.05) is 155 Å². The van der Waals surface area contributed by atoms with Gasteiger partial charge in [0.05, 0.1) is 64.5 Å². The minimum Gasteiger partial charge on any atom is -0.480 e. The lowest BCUT2D eigenvalue weighted by Gasteiger charge is -2.19. The van der Waals surface area contributed by atoms with Crippen molar-refractivity contribution in [3.63, 3.8) is 0 Å². The fourth-order valence-electron chi connectivity index (χ4n) is 10.3. The Hall–Kier alpha value is -14.6. The number of ether oxygens (including phenoxy) is 2. The van der Waals surface area contributed by atoms with Crippen LogP contribution in [-0.4, -0.2) is 91.8 Å². The first-order valence-corrected chi connectivity index (χ1v) is 39.0. The van der Waals surface area contributed by atoms with Gasteiger partial charge in [0, 0.05) is 56.6 Å². The Morgan fingerprint density at radius 1 is 0.424 bits per heavy atom. The van der Waals surface area contributed by atoms with Crippen LogP contribution in [0.1, 0.15) is 80.5 Å². The van der Waals surface area contributed by atoms with Crippen LogP contribution in [-0.2, 0) is 43.5 Å². The molecule has 0 radical (unpaired) electrons. The number of carboxylic acid groups (broad SMARTS) is 1. The van der Waals surface area contributed by atoms with Gasteiger partial charge in [0.25, 0.3) is 0 Å². The van der Waals surface area contributed by atoms with E-state index in [0.717, 1.165) is 28.3 Å². The number of alkyl halides is 1. The van der Waals surface area contributed by atoms with Crippen LogP contribution in [0.2, 0.25) is 0 Å². The van der Waals surface area contributed by atoms with E-state index in [4.69, 9.17) is 63.4 Å². The third-order valence-corrected chi connectivity index (χ3v) is 17.0. The Morgan fingerprint density at radius 2 is 0.771 bits per heavy atom. The van der Waals surface area contributed by atoms with Gasteiger partial charge in [0.1, 0.15) is 35.5 Å². The van der Waals surface area contributed by atoms with Crippen molar-refractivity contribution in [2.24, 2.45) is 10.9 Å². The molecule has 11 rings (SSSR count). The number of amidine groups is 1. The van der Waals surface area contributed by atoms with E-state index in [1.54, 1.807) is 158 Å². The van der Waals surface area contributed by atoms with E-state index in [1.807, 2.05) is 114 Å². The third-order valence-electron chi connectivity index (χ3n) is 15.6. The van der Waals surface area contributed by atoms with E-state index in [-0.39, 0.29) is 71.6 Å². The molecule has 25 nitrogen and oxygen atoms in total. The summed E-state index contributed by atoms with van der Waals surface area (Å²) in [7, 11) is -3.85. The molecule has 606 valence electrons. The second kappa shape index (κ2) is 47.8. The molecule has 0 unspecified atom stereocenters. The first kappa shape index (κ1) is 94.0. The van der Waals surface area contributed by atoms with Gasteiger partial charge in [0.2, 0.25) is 21.8 Å².